The molecular formula is C22H26N2O2. The summed E-state index contributed by atoms with van der Waals surface area (Å²) in [6.45, 7) is 2.88. The van der Waals surface area contributed by atoms with E-state index in [9.17, 15) is 0 Å². The van der Waals surface area contributed by atoms with Gasteiger partial charge in [0, 0.05) is 25.1 Å². The van der Waals surface area contributed by atoms with Gasteiger partial charge in [0.05, 0.1) is 12.8 Å². The van der Waals surface area contributed by atoms with Crippen LogP contribution < -0.4 is 10.1 Å². The minimum absolute atomic E-state index is 0.548. The van der Waals surface area contributed by atoms with Gasteiger partial charge in [0.2, 0.25) is 0 Å². The van der Waals surface area contributed by atoms with Crippen molar-refractivity contribution in [1.82, 2.24) is 10.5 Å². The first-order valence-corrected chi connectivity index (χ1v) is 9.43. The molecule has 1 aromatic heterocycles. The normalized spacial score (nSPS) is 19.9. The van der Waals surface area contributed by atoms with Crippen LogP contribution in [-0.2, 0) is 13.0 Å². The Balaban J connectivity index is 1.40. The first kappa shape index (κ1) is 17.1. The van der Waals surface area contributed by atoms with Crippen LogP contribution in [0.1, 0.15) is 36.3 Å². The van der Waals surface area contributed by atoms with Crippen LogP contribution in [-0.4, -0.2) is 18.3 Å². The van der Waals surface area contributed by atoms with Gasteiger partial charge >= 0.3 is 0 Å². The number of rotatable bonds is 6. The monoisotopic (exact) mass is 350 g/mol. The molecule has 0 saturated heterocycles. The van der Waals surface area contributed by atoms with E-state index in [0.717, 1.165) is 30.2 Å². The van der Waals surface area contributed by atoms with Gasteiger partial charge in [0.25, 0.3) is 0 Å². The van der Waals surface area contributed by atoms with Crippen molar-refractivity contribution in [2.45, 2.75) is 45.2 Å². The predicted octanol–water partition coefficient (Wildman–Crippen LogP) is 4.65. The lowest BCUT2D eigenvalue weighted by molar-refractivity contribution is 0.329. The van der Waals surface area contributed by atoms with E-state index in [2.05, 4.69) is 46.9 Å². The van der Waals surface area contributed by atoms with Crippen molar-refractivity contribution in [2.75, 3.05) is 7.11 Å². The number of nitrogens with zero attached hydrogens (tertiary/aromatic N) is 1. The van der Waals surface area contributed by atoms with E-state index in [-0.39, 0.29) is 0 Å². The van der Waals surface area contributed by atoms with Gasteiger partial charge in [-0.15, -0.1) is 0 Å². The molecule has 1 fully saturated rings. The molecule has 4 nitrogen and oxygen atoms in total. The summed E-state index contributed by atoms with van der Waals surface area (Å²) >= 11 is 0. The lowest BCUT2D eigenvalue weighted by Crippen LogP contribution is -2.32. The maximum atomic E-state index is 5.42. The fourth-order valence-electron chi connectivity index (χ4n) is 4.08. The predicted molar refractivity (Wildman–Crippen MR) is 103 cm³/mol. The van der Waals surface area contributed by atoms with Crippen LogP contribution in [0.2, 0.25) is 0 Å². The molecule has 0 amide bonds. The van der Waals surface area contributed by atoms with E-state index < -0.39 is 0 Å². The minimum atomic E-state index is 0.548. The average Bonchev–Trinajstić information content (AvgIpc) is 3.28. The molecule has 1 aliphatic carbocycles. The summed E-state index contributed by atoms with van der Waals surface area (Å²) in [7, 11) is 1.71. The zero-order valence-electron chi connectivity index (χ0n) is 15.5. The summed E-state index contributed by atoms with van der Waals surface area (Å²) in [6, 6.07) is 15.5. The lowest BCUT2D eigenvalue weighted by atomic mass is 9.97. The Hall–Kier alpha value is -2.33. The van der Waals surface area contributed by atoms with Gasteiger partial charge in [-0.2, -0.15) is 0 Å². The second-order valence-electron chi connectivity index (χ2n) is 7.36. The SMILES string of the molecule is COc1ccc2cc(CN[C@@H]3CCC[C@H]3Cc3cc(C)no3)ccc2c1. The molecule has 3 aromatic rings. The molecule has 0 aliphatic heterocycles. The van der Waals surface area contributed by atoms with E-state index in [1.807, 2.05) is 13.0 Å². The molecule has 0 spiro atoms. The Labute approximate surface area is 154 Å². The first-order chi connectivity index (χ1) is 12.7. The number of methoxy groups -OCH3 is 1. The number of ether oxygens (including phenoxy) is 1. The molecule has 1 heterocycles. The van der Waals surface area contributed by atoms with Crippen molar-refractivity contribution in [2.24, 2.45) is 5.92 Å². The first-order valence-electron chi connectivity index (χ1n) is 9.43. The maximum absolute atomic E-state index is 5.42. The van der Waals surface area contributed by atoms with Crippen molar-refractivity contribution in [3.63, 3.8) is 0 Å². The van der Waals surface area contributed by atoms with Crippen LogP contribution in [0, 0.1) is 12.8 Å². The summed E-state index contributed by atoms with van der Waals surface area (Å²) < 4.78 is 10.7. The minimum Gasteiger partial charge on any atom is -0.497 e. The largest absolute Gasteiger partial charge is 0.497 e. The molecule has 1 saturated carbocycles. The zero-order valence-corrected chi connectivity index (χ0v) is 15.5. The Morgan fingerprint density at radius 1 is 1.12 bits per heavy atom. The highest BCUT2D eigenvalue weighted by Crippen LogP contribution is 2.29. The average molecular weight is 350 g/mol. The molecule has 2 aromatic carbocycles. The van der Waals surface area contributed by atoms with Crippen molar-refractivity contribution >= 4 is 10.8 Å². The quantitative estimate of drug-likeness (QED) is 0.703. The number of benzene rings is 2. The summed E-state index contributed by atoms with van der Waals surface area (Å²) in [5, 5.41) is 10.3. The molecule has 26 heavy (non-hydrogen) atoms. The molecule has 4 rings (SSSR count). The van der Waals surface area contributed by atoms with Crippen LogP contribution >= 0.6 is 0 Å². The van der Waals surface area contributed by atoms with Gasteiger partial charge in [0.15, 0.2) is 0 Å². The molecule has 1 aliphatic rings. The molecule has 0 unspecified atom stereocenters. The Morgan fingerprint density at radius 3 is 2.77 bits per heavy atom. The number of nitrogens with one attached hydrogen (secondary N) is 1. The summed E-state index contributed by atoms with van der Waals surface area (Å²) in [5.74, 6) is 2.55. The van der Waals surface area contributed by atoms with Crippen LogP contribution in [0.4, 0.5) is 0 Å². The highest BCUT2D eigenvalue weighted by Gasteiger charge is 2.28. The summed E-state index contributed by atoms with van der Waals surface area (Å²) in [5.41, 5.74) is 2.29. The van der Waals surface area contributed by atoms with E-state index in [1.54, 1.807) is 7.11 Å². The van der Waals surface area contributed by atoms with Gasteiger partial charge < -0.3 is 14.6 Å². The third kappa shape index (κ3) is 3.75. The number of hydrogen-bond acceptors (Lipinski definition) is 4. The third-order valence-corrected chi connectivity index (χ3v) is 5.48. The Bertz CT molecular complexity index is 887. The standard InChI is InChI=1S/C22H26N2O2/c1-15-10-21(26-24-15)13-19-4-3-5-22(19)23-14-16-6-7-18-12-20(25-2)9-8-17(18)11-16/h6-12,19,22-23H,3-5,13-14H2,1-2H3/t19-,22+/m0/s1. The molecule has 0 bridgehead atoms. The highest BCUT2D eigenvalue weighted by molar-refractivity contribution is 5.84. The fraction of sp³-hybridized carbons (Fsp3) is 0.409. The van der Waals surface area contributed by atoms with Crippen LogP contribution in [0.3, 0.4) is 0 Å². The van der Waals surface area contributed by atoms with E-state index >= 15 is 0 Å². The van der Waals surface area contributed by atoms with Crippen molar-refractivity contribution in [1.29, 1.82) is 0 Å². The van der Waals surface area contributed by atoms with E-state index in [4.69, 9.17) is 9.26 Å². The van der Waals surface area contributed by atoms with E-state index in [0.29, 0.717) is 12.0 Å². The zero-order chi connectivity index (χ0) is 17.9. The number of aryl methyl sites for hydroxylation is 1. The van der Waals surface area contributed by atoms with E-state index in [1.165, 1.54) is 35.6 Å². The Morgan fingerprint density at radius 2 is 1.96 bits per heavy atom. The smallest absolute Gasteiger partial charge is 0.137 e. The fourth-order valence-corrected chi connectivity index (χ4v) is 4.08. The second-order valence-corrected chi connectivity index (χ2v) is 7.36. The Kier molecular flexibility index (Phi) is 4.93. The van der Waals surface area contributed by atoms with Gasteiger partial charge in [-0.05, 0) is 60.2 Å². The van der Waals surface area contributed by atoms with Crippen molar-refractivity contribution in [3.8, 4) is 5.75 Å². The van der Waals surface area contributed by atoms with Gasteiger partial charge in [-0.25, -0.2) is 0 Å². The second kappa shape index (κ2) is 7.50. The number of hydrogen-bond donors (Lipinski definition) is 1. The highest BCUT2D eigenvalue weighted by atomic mass is 16.5. The molecule has 136 valence electrons. The summed E-state index contributed by atoms with van der Waals surface area (Å²) in [4.78, 5) is 0. The van der Waals surface area contributed by atoms with Crippen molar-refractivity contribution in [3.05, 3.63) is 59.5 Å². The van der Waals surface area contributed by atoms with Gasteiger partial charge in [-0.1, -0.05) is 29.8 Å². The number of fused-ring (bicyclic) bond motifs is 1. The van der Waals surface area contributed by atoms with Gasteiger partial charge in [-0.3, -0.25) is 0 Å². The summed E-state index contributed by atoms with van der Waals surface area (Å²) in [6.07, 6.45) is 4.76. The third-order valence-electron chi connectivity index (χ3n) is 5.48. The molecule has 1 N–H and O–H groups in total. The molecule has 4 heteroatoms. The number of aromatic nitrogens is 1. The molecule has 0 radical (unpaired) electrons. The van der Waals surface area contributed by atoms with Crippen molar-refractivity contribution < 1.29 is 9.26 Å². The molecule has 2 atom stereocenters. The topological polar surface area (TPSA) is 47.3 Å². The van der Waals surface area contributed by atoms with Crippen LogP contribution in [0.5, 0.6) is 5.75 Å². The lowest BCUT2D eigenvalue weighted by Gasteiger charge is -2.20. The van der Waals surface area contributed by atoms with Crippen LogP contribution in [0.25, 0.3) is 10.8 Å². The molecular weight excluding hydrogens is 324 g/mol. The van der Waals surface area contributed by atoms with Crippen LogP contribution in [0.15, 0.2) is 47.0 Å². The van der Waals surface area contributed by atoms with Gasteiger partial charge in [0.1, 0.15) is 11.5 Å². The maximum Gasteiger partial charge on any atom is 0.137 e.